The van der Waals surface area contributed by atoms with Crippen molar-refractivity contribution in [3.8, 4) is 0 Å². The molecule has 2 amide bonds. The summed E-state index contributed by atoms with van der Waals surface area (Å²) in [5, 5.41) is 0. The predicted molar refractivity (Wildman–Crippen MR) is 116 cm³/mol. The van der Waals surface area contributed by atoms with Gasteiger partial charge in [-0.1, -0.05) is 42.5 Å². The van der Waals surface area contributed by atoms with E-state index in [9.17, 15) is 14.0 Å². The van der Waals surface area contributed by atoms with Crippen LogP contribution in [0.4, 0.5) is 15.8 Å². The van der Waals surface area contributed by atoms with Crippen molar-refractivity contribution in [3.05, 3.63) is 95.8 Å². The second-order valence-electron chi connectivity index (χ2n) is 7.57. The topological polar surface area (TPSA) is 40.6 Å². The molecule has 0 saturated heterocycles. The van der Waals surface area contributed by atoms with E-state index < -0.39 is 5.82 Å². The first-order chi connectivity index (χ1) is 14.5. The molecule has 152 valence electrons. The second-order valence-corrected chi connectivity index (χ2v) is 7.57. The molecule has 4 nitrogen and oxygen atoms in total. The minimum atomic E-state index is -0.441. The van der Waals surface area contributed by atoms with Gasteiger partial charge in [0.1, 0.15) is 5.82 Å². The zero-order valence-electron chi connectivity index (χ0n) is 17.0. The van der Waals surface area contributed by atoms with Crippen molar-refractivity contribution >= 4 is 23.2 Å². The SMILES string of the molecule is CC(=O)N(c1ccccc1)[C@@H]1C[C@@H](C)N(C(=O)c2cccc(F)c2)c2ccccc21. The van der Waals surface area contributed by atoms with Crippen LogP contribution in [0.25, 0.3) is 0 Å². The lowest BCUT2D eigenvalue weighted by atomic mass is 9.89. The standard InChI is InChI=1S/C25H23FN2O2/c1-17-15-24(28(18(2)29)21-11-4-3-5-12-21)22-13-6-7-14-23(22)27(17)25(30)19-9-8-10-20(26)16-19/h3-14,16-17,24H,15H2,1-2H3/t17-,24-/m1/s1. The van der Waals surface area contributed by atoms with Crippen molar-refractivity contribution in [1.29, 1.82) is 0 Å². The molecule has 0 aromatic heterocycles. The number of benzene rings is 3. The molecule has 0 N–H and O–H groups in total. The van der Waals surface area contributed by atoms with E-state index >= 15 is 0 Å². The Kier molecular flexibility index (Phi) is 5.36. The van der Waals surface area contributed by atoms with Gasteiger partial charge in [-0.3, -0.25) is 9.59 Å². The number of carbonyl (C=O) groups excluding carboxylic acids is 2. The average molecular weight is 402 g/mol. The maximum Gasteiger partial charge on any atom is 0.258 e. The lowest BCUT2D eigenvalue weighted by Gasteiger charge is -2.43. The van der Waals surface area contributed by atoms with Crippen molar-refractivity contribution in [1.82, 2.24) is 0 Å². The average Bonchev–Trinajstić information content (AvgIpc) is 2.74. The number of para-hydroxylation sites is 2. The Morgan fingerprint density at radius 2 is 1.67 bits per heavy atom. The van der Waals surface area contributed by atoms with Crippen molar-refractivity contribution in [2.24, 2.45) is 0 Å². The number of rotatable bonds is 3. The molecule has 0 unspecified atom stereocenters. The van der Waals surface area contributed by atoms with E-state index in [-0.39, 0.29) is 23.9 Å². The molecule has 2 atom stereocenters. The van der Waals surface area contributed by atoms with Gasteiger partial charge in [0.05, 0.1) is 6.04 Å². The van der Waals surface area contributed by atoms with E-state index in [0.29, 0.717) is 12.0 Å². The molecule has 5 heteroatoms. The van der Waals surface area contributed by atoms with Crippen LogP contribution < -0.4 is 9.80 Å². The molecule has 1 aliphatic heterocycles. The first kappa shape index (κ1) is 19.8. The van der Waals surface area contributed by atoms with Crippen molar-refractivity contribution in [3.63, 3.8) is 0 Å². The van der Waals surface area contributed by atoms with Crippen LogP contribution in [0.1, 0.15) is 42.2 Å². The number of nitrogens with zero attached hydrogens (tertiary/aromatic N) is 2. The van der Waals surface area contributed by atoms with Gasteiger partial charge in [-0.05, 0) is 55.3 Å². The fourth-order valence-corrected chi connectivity index (χ4v) is 4.27. The highest BCUT2D eigenvalue weighted by molar-refractivity contribution is 6.07. The third-order valence-electron chi connectivity index (χ3n) is 5.54. The maximum atomic E-state index is 13.7. The molecular weight excluding hydrogens is 379 g/mol. The van der Waals surface area contributed by atoms with Gasteiger partial charge >= 0.3 is 0 Å². The van der Waals surface area contributed by atoms with Gasteiger partial charge in [-0.2, -0.15) is 0 Å². The Bertz CT molecular complexity index is 1080. The Hall–Kier alpha value is -3.47. The van der Waals surface area contributed by atoms with Crippen LogP contribution in [0, 0.1) is 5.82 Å². The molecule has 4 rings (SSSR count). The van der Waals surface area contributed by atoms with E-state index in [1.165, 1.54) is 12.1 Å². The largest absolute Gasteiger partial charge is 0.305 e. The van der Waals surface area contributed by atoms with E-state index in [1.54, 1.807) is 28.9 Å². The zero-order valence-corrected chi connectivity index (χ0v) is 17.0. The van der Waals surface area contributed by atoms with Crippen LogP contribution in [-0.2, 0) is 4.79 Å². The van der Waals surface area contributed by atoms with Gasteiger partial charge in [0.25, 0.3) is 5.91 Å². The van der Waals surface area contributed by atoms with Gasteiger partial charge in [0, 0.05) is 29.9 Å². The molecule has 0 radical (unpaired) electrons. The number of fused-ring (bicyclic) bond motifs is 1. The number of amides is 2. The lowest BCUT2D eigenvalue weighted by molar-refractivity contribution is -0.117. The lowest BCUT2D eigenvalue weighted by Crippen LogP contribution is -2.47. The third kappa shape index (κ3) is 3.59. The smallest absolute Gasteiger partial charge is 0.258 e. The molecule has 0 bridgehead atoms. The van der Waals surface area contributed by atoms with E-state index in [0.717, 1.165) is 16.9 Å². The number of halogens is 1. The molecule has 0 saturated carbocycles. The second kappa shape index (κ2) is 8.11. The van der Waals surface area contributed by atoms with Crippen LogP contribution in [0.2, 0.25) is 0 Å². The molecule has 1 aliphatic rings. The summed E-state index contributed by atoms with van der Waals surface area (Å²) in [6.45, 7) is 3.52. The fraction of sp³-hybridized carbons (Fsp3) is 0.200. The minimum Gasteiger partial charge on any atom is -0.305 e. The monoisotopic (exact) mass is 402 g/mol. The molecule has 0 fully saturated rings. The predicted octanol–water partition coefficient (Wildman–Crippen LogP) is 5.36. The number of hydrogen-bond acceptors (Lipinski definition) is 2. The summed E-state index contributed by atoms with van der Waals surface area (Å²) in [6, 6.07) is 22.6. The number of carbonyl (C=O) groups is 2. The summed E-state index contributed by atoms with van der Waals surface area (Å²) in [5.74, 6) is -0.747. The first-order valence-electron chi connectivity index (χ1n) is 10.00. The molecule has 0 spiro atoms. The summed E-state index contributed by atoms with van der Waals surface area (Å²) < 4.78 is 13.7. The fourth-order valence-electron chi connectivity index (χ4n) is 4.27. The van der Waals surface area contributed by atoms with Gasteiger partial charge < -0.3 is 9.80 Å². The Morgan fingerprint density at radius 1 is 0.967 bits per heavy atom. The quantitative estimate of drug-likeness (QED) is 0.592. The summed E-state index contributed by atoms with van der Waals surface area (Å²) in [4.78, 5) is 29.4. The highest BCUT2D eigenvalue weighted by Gasteiger charge is 2.38. The van der Waals surface area contributed by atoms with Crippen molar-refractivity contribution < 1.29 is 14.0 Å². The van der Waals surface area contributed by atoms with E-state index in [4.69, 9.17) is 0 Å². The molecular formula is C25H23FN2O2. The molecule has 3 aromatic carbocycles. The van der Waals surface area contributed by atoms with Gasteiger partial charge in [0.2, 0.25) is 5.91 Å². The summed E-state index contributed by atoms with van der Waals surface area (Å²) in [5.41, 5.74) is 2.78. The highest BCUT2D eigenvalue weighted by Crippen LogP contribution is 2.42. The van der Waals surface area contributed by atoms with Gasteiger partial charge in [0.15, 0.2) is 0 Å². The highest BCUT2D eigenvalue weighted by atomic mass is 19.1. The van der Waals surface area contributed by atoms with Gasteiger partial charge in [-0.25, -0.2) is 4.39 Å². The van der Waals surface area contributed by atoms with Crippen LogP contribution in [0.5, 0.6) is 0 Å². The Morgan fingerprint density at radius 3 is 2.37 bits per heavy atom. The molecule has 0 aliphatic carbocycles. The van der Waals surface area contributed by atoms with Crippen LogP contribution >= 0.6 is 0 Å². The summed E-state index contributed by atoms with van der Waals surface area (Å²) >= 11 is 0. The number of hydrogen-bond donors (Lipinski definition) is 0. The van der Waals surface area contributed by atoms with Crippen molar-refractivity contribution in [2.45, 2.75) is 32.4 Å². The van der Waals surface area contributed by atoms with Crippen molar-refractivity contribution in [2.75, 3.05) is 9.80 Å². The minimum absolute atomic E-state index is 0.0573. The molecule has 1 heterocycles. The molecule has 3 aromatic rings. The zero-order chi connectivity index (χ0) is 21.3. The van der Waals surface area contributed by atoms with Crippen LogP contribution in [0.15, 0.2) is 78.9 Å². The summed E-state index contributed by atoms with van der Waals surface area (Å²) in [6.07, 6.45) is 0.576. The molecule has 30 heavy (non-hydrogen) atoms. The summed E-state index contributed by atoms with van der Waals surface area (Å²) in [7, 11) is 0. The van der Waals surface area contributed by atoms with E-state index in [1.807, 2.05) is 61.5 Å². The Labute approximate surface area is 175 Å². The number of anilines is 2. The maximum absolute atomic E-state index is 13.7. The van der Waals surface area contributed by atoms with Crippen LogP contribution in [0.3, 0.4) is 0 Å². The first-order valence-corrected chi connectivity index (χ1v) is 10.00. The van der Waals surface area contributed by atoms with E-state index in [2.05, 4.69) is 0 Å². The Balaban J connectivity index is 1.79. The van der Waals surface area contributed by atoms with Gasteiger partial charge in [-0.15, -0.1) is 0 Å². The third-order valence-corrected chi connectivity index (χ3v) is 5.54. The normalized spacial score (nSPS) is 17.9. The van der Waals surface area contributed by atoms with Crippen LogP contribution in [-0.4, -0.2) is 17.9 Å².